The predicted octanol–water partition coefficient (Wildman–Crippen LogP) is 0.940. The summed E-state index contributed by atoms with van der Waals surface area (Å²) in [6.45, 7) is 0.944. The van der Waals surface area contributed by atoms with Gasteiger partial charge in [0, 0.05) is 12.5 Å². The molecule has 1 rings (SSSR count). The first-order valence-electron chi connectivity index (χ1n) is 4.64. The average molecular weight is 224 g/mol. The van der Waals surface area contributed by atoms with Gasteiger partial charge in [-0.2, -0.15) is 0 Å². The minimum absolute atomic E-state index is 0.0350. The van der Waals surface area contributed by atoms with Crippen LogP contribution in [-0.2, 0) is 22.7 Å². The molecule has 0 aliphatic carbocycles. The van der Waals surface area contributed by atoms with E-state index in [4.69, 9.17) is 14.9 Å². The summed E-state index contributed by atoms with van der Waals surface area (Å²) in [6, 6.07) is 4.48. The molecule has 0 saturated carbocycles. The second-order valence-electron chi connectivity index (χ2n) is 3.24. The van der Waals surface area contributed by atoms with E-state index in [2.05, 4.69) is 0 Å². The van der Waals surface area contributed by atoms with Gasteiger partial charge in [-0.3, -0.25) is 4.79 Å². The molecule has 0 unspecified atom stereocenters. The van der Waals surface area contributed by atoms with Gasteiger partial charge in [-0.25, -0.2) is 4.79 Å². The Kier molecular flexibility index (Phi) is 4.02. The van der Waals surface area contributed by atoms with Crippen molar-refractivity contribution in [1.82, 2.24) is 0 Å². The molecule has 5 nitrogen and oxygen atoms in total. The largest absolute Gasteiger partial charge is 0.478 e. The zero-order valence-electron chi connectivity index (χ0n) is 8.77. The van der Waals surface area contributed by atoms with Gasteiger partial charge in [0.25, 0.3) is 0 Å². The fraction of sp³-hybridized carbons (Fsp3) is 0.273. The summed E-state index contributed by atoms with van der Waals surface area (Å²) in [5.41, 5.74) is 0.941. The van der Waals surface area contributed by atoms with Gasteiger partial charge in [0.2, 0.25) is 0 Å². The van der Waals surface area contributed by atoms with Gasteiger partial charge in [-0.1, -0.05) is 12.1 Å². The predicted molar refractivity (Wildman–Crippen MR) is 54.8 cm³/mol. The third-order valence-corrected chi connectivity index (χ3v) is 2.02. The van der Waals surface area contributed by atoms with Crippen LogP contribution in [0, 0.1) is 0 Å². The maximum absolute atomic E-state index is 10.9. The molecular weight excluding hydrogens is 212 g/mol. The number of aliphatic hydroxyl groups excluding tert-OH is 1. The molecule has 1 aromatic carbocycles. The molecule has 0 aliphatic heterocycles. The van der Waals surface area contributed by atoms with Gasteiger partial charge >= 0.3 is 11.9 Å². The third kappa shape index (κ3) is 3.06. The van der Waals surface area contributed by atoms with Crippen LogP contribution in [0.5, 0.6) is 0 Å². The number of carboxylic acids is 1. The van der Waals surface area contributed by atoms with Crippen molar-refractivity contribution in [2.24, 2.45) is 0 Å². The lowest BCUT2D eigenvalue weighted by atomic mass is 10.0. The first-order chi connectivity index (χ1) is 7.54. The van der Waals surface area contributed by atoms with E-state index in [0.717, 1.165) is 0 Å². The molecule has 5 heteroatoms. The highest BCUT2D eigenvalue weighted by Crippen LogP contribution is 2.14. The van der Waals surface area contributed by atoms with Crippen molar-refractivity contribution in [1.29, 1.82) is 0 Å². The number of carbonyl (C=O) groups excluding carboxylic acids is 1. The van der Waals surface area contributed by atoms with E-state index in [0.29, 0.717) is 11.1 Å². The molecule has 0 saturated heterocycles. The lowest BCUT2D eigenvalue weighted by Crippen LogP contribution is -2.07. The Morgan fingerprint density at radius 1 is 1.38 bits per heavy atom. The maximum Gasteiger partial charge on any atom is 0.336 e. The van der Waals surface area contributed by atoms with Crippen molar-refractivity contribution >= 4 is 11.9 Å². The molecule has 16 heavy (non-hydrogen) atoms. The van der Waals surface area contributed by atoms with E-state index in [1.807, 2.05) is 0 Å². The Bertz CT molecular complexity index is 411. The molecule has 0 fully saturated rings. The fourth-order valence-corrected chi connectivity index (χ4v) is 1.23. The lowest BCUT2D eigenvalue weighted by Gasteiger charge is -2.07. The summed E-state index contributed by atoms with van der Waals surface area (Å²) < 4.78 is 4.73. The maximum atomic E-state index is 10.9. The van der Waals surface area contributed by atoms with E-state index in [-0.39, 0.29) is 18.8 Å². The number of carboxylic acid groups (broad SMARTS) is 1. The molecule has 0 amide bonds. The molecule has 0 heterocycles. The van der Waals surface area contributed by atoms with Crippen LogP contribution in [0.1, 0.15) is 28.4 Å². The van der Waals surface area contributed by atoms with Crippen LogP contribution < -0.4 is 0 Å². The first-order valence-corrected chi connectivity index (χ1v) is 4.64. The van der Waals surface area contributed by atoms with Crippen molar-refractivity contribution < 1.29 is 24.5 Å². The highest BCUT2D eigenvalue weighted by molar-refractivity contribution is 5.89. The van der Waals surface area contributed by atoms with Gasteiger partial charge < -0.3 is 14.9 Å². The van der Waals surface area contributed by atoms with E-state index >= 15 is 0 Å². The van der Waals surface area contributed by atoms with Gasteiger partial charge in [0.05, 0.1) is 12.2 Å². The number of hydrogen-bond donors (Lipinski definition) is 2. The number of rotatable bonds is 4. The van der Waals surface area contributed by atoms with Crippen LogP contribution in [0.4, 0.5) is 0 Å². The molecule has 1 aromatic rings. The molecule has 0 radical (unpaired) electrons. The Labute approximate surface area is 92.3 Å². The van der Waals surface area contributed by atoms with Crippen LogP contribution in [0.2, 0.25) is 0 Å². The molecule has 0 atom stereocenters. The SMILES string of the molecule is CC(=O)OCc1ccc(CO)cc1C(=O)O. The Balaban J connectivity index is 2.98. The molecule has 0 aromatic heterocycles. The van der Waals surface area contributed by atoms with Crippen molar-refractivity contribution in [3.63, 3.8) is 0 Å². The second kappa shape index (κ2) is 5.27. The number of aromatic carboxylic acids is 1. The number of ether oxygens (including phenoxy) is 1. The van der Waals surface area contributed by atoms with Crippen molar-refractivity contribution in [2.45, 2.75) is 20.1 Å². The Morgan fingerprint density at radius 2 is 2.06 bits per heavy atom. The van der Waals surface area contributed by atoms with Gasteiger partial charge in [-0.05, 0) is 11.6 Å². The van der Waals surface area contributed by atoms with Crippen LogP contribution in [0.15, 0.2) is 18.2 Å². The van der Waals surface area contributed by atoms with E-state index in [1.165, 1.54) is 19.1 Å². The lowest BCUT2D eigenvalue weighted by molar-refractivity contribution is -0.142. The second-order valence-corrected chi connectivity index (χ2v) is 3.24. The van der Waals surface area contributed by atoms with Crippen LogP contribution in [0.3, 0.4) is 0 Å². The number of hydrogen-bond acceptors (Lipinski definition) is 4. The molecule has 2 N–H and O–H groups in total. The number of benzene rings is 1. The average Bonchev–Trinajstić information content (AvgIpc) is 2.25. The summed E-state index contributed by atoms with van der Waals surface area (Å²) in [6.07, 6.45) is 0. The monoisotopic (exact) mass is 224 g/mol. The van der Waals surface area contributed by atoms with Crippen molar-refractivity contribution in [3.05, 3.63) is 34.9 Å². The topological polar surface area (TPSA) is 83.8 Å². The first kappa shape index (κ1) is 12.2. The minimum atomic E-state index is -1.11. The summed E-state index contributed by atoms with van der Waals surface area (Å²) in [5.74, 6) is -1.58. The fourth-order valence-electron chi connectivity index (χ4n) is 1.23. The number of aliphatic hydroxyl groups is 1. The highest BCUT2D eigenvalue weighted by Gasteiger charge is 2.11. The van der Waals surface area contributed by atoms with Crippen LogP contribution >= 0.6 is 0 Å². The zero-order valence-corrected chi connectivity index (χ0v) is 8.77. The molecular formula is C11H12O5. The van der Waals surface area contributed by atoms with Gasteiger partial charge in [-0.15, -0.1) is 0 Å². The molecule has 0 spiro atoms. The zero-order chi connectivity index (χ0) is 12.1. The Morgan fingerprint density at radius 3 is 2.56 bits per heavy atom. The summed E-state index contributed by atoms with van der Waals surface area (Å²) in [5, 5.41) is 17.8. The number of carbonyl (C=O) groups is 2. The standard InChI is InChI=1S/C11H12O5/c1-7(13)16-6-9-3-2-8(5-12)4-10(9)11(14)15/h2-4,12H,5-6H2,1H3,(H,14,15). The van der Waals surface area contributed by atoms with E-state index in [1.54, 1.807) is 6.07 Å². The summed E-state index contributed by atoms with van der Waals surface area (Å²) >= 11 is 0. The van der Waals surface area contributed by atoms with E-state index in [9.17, 15) is 9.59 Å². The van der Waals surface area contributed by atoms with Gasteiger partial charge in [0.15, 0.2) is 0 Å². The van der Waals surface area contributed by atoms with Crippen molar-refractivity contribution in [2.75, 3.05) is 0 Å². The smallest absolute Gasteiger partial charge is 0.336 e. The van der Waals surface area contributed by atoms with Crippen molar-refractivity contribution in [3.8, 4) is 0 Å². The number of esters is 1. The summed E-state index contributed by atoms with van der Waals surface area (Å²) in [4.78, 5) is 21.5. The minimum Gasteiger partial charge on any atom is -0.478 e. The molecule has 86 valence electrons. The molecule has 0 bridgehead atoms. The van der Waals surface area contributed by atoms with Gasteiger partial charge in [0.1, 0.15) is 6.61 Å². The Hall–Kier alpha value is -1.88. The van der Waals surface area contributed by atoms with E-state index < -0.39 is 11.9 Å². The molecule has 0 aliphatic rings. The highest BCUT2D eigenvalue weighted by atomic mass is 16.5. The quantitative estimate of drug-likeness (QED) is 0.743. The summed E-state index contributed by atoms with van der Waals surface area (Å²) in [7, 11) is 0. The normalized spacial score (nSPS) is 9.88. The van der Waals surface area contributed by atoms with Crippen LogP contribution in [0.25, 0.3) is 0 Å². The third-order valence-electron chi connectivity index (χ3n) is 2.02. The van der Waals surface area contributed by atoms with Crippen LogP contribution in [-0.4, -0.2) is 22.2 Å².